The van der Waals surface area contributed by atoms with Gasteiger partial charge in [-0.05, 0) is 32.3 Å². The Labute approximate surface area is 151 Å². The Balaban J connectivity index is 1.95. The van der Waals surface area contributed by atoms with Crippen LogP contribution in [0.2, 0.25) is 0 Å². The molecule has 5 nitrogen and oxygen atoms in total. The summed E-state index contributed by atoms with van der Waals surface area (Å²) in [6.45, 7) is 12.1. The smallest absolute Gasteiger partial charge is 0.244 e. The molecule has 138 valence electrons. The molecule has 0 aliphatic carbocycles. The Morgan fingerprint density at radius 3 is 2.60 bits per heavy atom. The Morgan fingerprint density at radius 2 is 1.96 bits per heavy atom. The monoisotopic (exact) mass is 344 g/mol. The van der Waals surface area contributed by atoms with Gasteiger partial charge in [-0.2, -0.15) is 0 Å². The molecule has 1 fully saturated rings. The van der Waals surface area contributed by atoms with E-state index in [0.717, 1.165) is 39.0 Å². The molecule has 5 heteroatoms. The largest absolute Gasteiger partial charge is 0.357 e. The number of carbonyl (C=O) groups is 1. The van der Waals surface area contributed by atoms with Crippen LogP contribution < -0.4 is 10.6 Å². The highest BCUT2D eigenvalue weighted by Gasteiger charge is 2.21. The first-order valence-electron chi connectivity index (χ1n) is 9.29. The van der Waals surface area contributed by atoms with Crippen molar-refractivity contribution < 1.29 is 4.79 Å². The molecule has 25 heavy (non-hydrogen) atoms. The number of nitrogens with zero attached hydrogens (tertiary/aromatic N) is 2. The summed E-state index contributed by atoms with van der Waals surface area (Å²) in [7, 11) is 0. The van der Waals surface area contributed by atoms with Crippen LogP contribution in [0.1, 0.15) is 44.7 Å². The molecule has 1 aliphatic heterocycles. The third-order valence-electron chi connectivity index (χ3n) is 4.67. The molecule has 1 heterocycles. The van der Waals surface area contributed by atoms with Crippen molar-refractivity contribution in [3.05, 3.63) is 35.4 Å². The predicted molar refractivity (Wildman–Crippen MR) is 104 cm³/mol. The maximum absolute atomic E-state index is 12.2. The maximum atomic E-state index is 12.2. The van der Waals surface area contributed by atoms with Gasteiger partial charge in [0.1, 0.15) is 6.54 Å². The molecule has 0 spiro atoms. The van der Waals surface area contributed by atoms with E-state index >= 15 is 0 Å². The van der Waals surface area contributed by atoms with Crippen molar-refractivity contribution in [2.75, 3.05) is 32.7 Å². The second-order valence-corrected chi connectivity index (χ2v) is 7.39. The number of carbonyl (C=O) groups excluding carboxylic acids is 1. The molecule has 1 saturated heterocycles. The van der Waals surface area contributed by atoms with E-state index in [-0.39, 0.29) is 17.9 Å². The number of guanidine groups is 1. The van der Waals surface area contributed by atoms with Gasteiger partial charge in [0.25, 0.3) is 0 Å². The highest BCUT2D eigenvalue weighted by Crippen LogP contribution is 2.22. The van der Waals surface area contributed by atoms with Crippen LogP contribution in [0.4, 0.5) is 0 Å². The van der Waals surface area contributed by atoms with Crippen LogP contribution in [0, 0.1) is 6.92 Å². The molecule has 2 rings (SSSR count). The normalized spacial score (nSPS) is 15.4. The molecule has 1 amide bonds. The lowest BCUT2D eigenvalue weighted by Gasteiger charge is -2.27. The number of likely N-dealkylation sites (tertiary alicyclic amines) is 1. The third-order valence-corrected chi connectivity index (χ3v) is 4.67. The zero-order valence-corrected chi connectivity index (χ0v) is 16.1. The average molecular weight is 345 g/mol. The summed E-state index contributed by atoms with van der Waals surface area (Å²) in [6, 6.07) is 8.60. The summed E-state index contributed by atoms with van der Waals surface area (Å²) in [5.41, 5.74) is 2.53. The quantitative estimate of drug-likeness (QED) is 0.616. The van der Waals surface area contributed by atoms with E-state index in [1.54, 1.807) is 0 Å². The highest BCUT2D eigenvalue weighted by atomic mass is 16.2. The molecule has 0 radical (unpaired) electrons. The Hall–Kier alpha value is -2.04. The van der Waals surface area contributed by atoms with Gasteiger partial charge in [0.15, 0.2) is 5.96 Å². The number of aryl methyl sites for hydroxylation is 1. The number of nitrogens with one attached hydrogen (secondary N) is 2. The minimum absolute atomic E-state index is 0.0266. The lowest BCUT2D eigenvalue weighted by Crippen LogP contribution is -2.44. The summed E-state index contributed by atoms with van der Waals surface area (Å²) in [5, 5.41) is 6.63. The predicted octanol–water partition coefficient (Wildman–Crippen LogP) is 2.45. The van der Waals surface area contributed by atoms with Crippen molar-refractivity contribution in [2.45, 2.75) is 46.0 Å². The standard InChI is InChI=1S/C20H32N4O/c1-5-21-19(22-14-18(25)24-11-6-7-12-24)23-15-20(3,4)17-10-8-9-16(2)13-17/h8-10,13H,5-7,11-12,14-15H2,1-4H3,(H2,21,22,23). The molecule has 0 saturated carbocycles. The number of hydrogen-bond acceptors (Lipinski definition) is 2. The lowest BCUT2D eigenvalue weighted by molar-refractivity contribution is -0.128. The van der Waals surface area contributed by atoms with Gasteiger partial charge in [0.2, 0.25) is 5.91 Å². The topological polar surface area (TPSA) is 56.7 Å². The zero-order valence-electron chi connectivity index (χ0n) is 16.1. The minimum Gasteiger partial charge on any atom is -0.357 e. The first-order valence-corrected chi connectivity index (χ1v) is 9.29. The molecular formula is C20H32N4O. The van der Waals surface area contributed by atoms with E-state index in [1.165, 1.54) is 11.1 Å². The molecule has 1 aromatic rings. The zero-order chi connectivity index (χ0) is 18.3. The number of amides is 1. The van der Waals surface area contributed by atoms with Gasteiger partial charge in [-0.1, -0.05) is 43.7 Å². The van der Waals surface area contributed by atoms with E-state index in [9.17, 15) is 4.79 Å². The second-order valence-electron chi connectivity index (χ2n) is 7.39. The summed E-state index contributed by atoms with van der Waals surface area (Å²) >= 11 is 0. The fourth-order valence-electron chi connectivity index (χ4n) is 3.03. The average Bonchev–Trinajstić information content (AvgIpc) is 3.12. The van der Waals surface area contributed by atoms with Crippen molar-refractivity contribution in [3.8, 4) is 0 Å². The maximum Gasteiger partial charge on any atom is 0.244 e. The van der Waals surface area contributed by atoms with E-state index in [2.05, 4.69) is 60.7 Å². The molecule has 0 atom stereocenters. The fraction of sp³-hybridized carbons (Fsp3) is 0.600. The van der Waals surface area contributed by atoms with Crippen molar-refractivity contribution in [3.63, 3.8) is 0 Å². The highest BCUT2D eigenvalue weighted by molar-refractivity contribution is 5.85. The molecule has 1 aromatic carbocycles. The van der Waals surface area contributed by atoms with Gasteiger partial charge in [0, 0.05) is 31.6 Å². The van der Waals surface area contributed by atoms with E-state index in [4.69, 9.17) is 0 Å². The van der Waals surface area contributed by atoms with E-state index in [1.807, 2.05) is 11.8 Å². The number of aliphatic imine (C=N–C) groups is 1. The summed E-state index contributed by atoms with van der Waals surface area (Å²) in [4.78, 5) is 18.6. The van der Waals surface area contributed by atoms with Crippen LogP contribution in [0.25, 0.3) is 0 Å². The SMILES string of the molecule is CCNC(=NCC(=O)N1CCCC1)NCC(C)(C)c1cccc(C)c1. The van der Waals surface area contributed by atoms with Crippen molar-refractivity contribution >= 4 is 11.9 Å². The Kier molecular flexibility index (Phi) is 6.85. The van der Waals surface area contributed by atoms with Gasteiger partial charge in [-0.15, -0.1) is 0 Å². The summed E-state index contributed by atoms with van der Waals surface area (Å²) in [6.07, 6.45) is 2.22. The van der Waals surface area contributed by atoms with Gasteiger partial charge in [-0.25, -0.2) is 4.99 Å². The Morgan fingerprint density at radius 1 is 1.24 bits per heavy atom. The van der Waals surface area contributed by atoms with Crippen LogP contribution >= 0.6 is 0 Å². The van der Waals surface area contributed by atoms with Crippen molar-refractivity contribution in [2.24, 2.45) is 4.99 Å². The first-order chi connectivity index (χ1) is 11.9. The van der Waals surface area contributed by atoms with Crippen LogP contribution in [0.15, 0.2) is 29.3 Å². The lowest BCUT2D eigenvalue weighted by atomic mass is 9.84. The number of rotatable bonds is 6. The van der Waals surface area contributed by atoms with Crippen LogP contribution in [0.3, 0.4) is 0 Å². The van der Waals surface area contributed by atoms with Gasteiger partial charge in [-0.3, -0.25) is 4.79 Å². The van der Waals surface area contributed by atoms with Gasteiger partial charge in [0.05, 0.1) is 0 Å². The molecule has 0 aromatic heterocycles. The van der Waals surface area contributed by atoms with Crippen molar-refractivity contribution in [1.29, 1.82) is 0 Å². The molecule has 0 unspecified atom stereocenters. The van der Waals surface area contributed by atoms with Crippen LogP contribution in [0.5, 0.6) is 0 Å². The molecule has 2 N–H and O–H groups in total. The number of benzene rings is 1. The Bertz CT molecular complexity index is 603. The molecule has 0 bridgehead atoms. The summed E-state index contributed by atoms with van der Waals surface area (Å²) < 4.78 is 0. The van der Waals surface area contributed by atoms with E-state index in [0.29, 0.717) is 5.96 Å². The van der Waals surface area contributed by atoms with Crippen LogP contribution in [-0.4, -0.2) is 49.5 Å². The second kappa shape index (κ2) is 8.88. The van der Waals surface area contributed by atoms with Gasteiger partial charge >= 0.3 is 0 Å². The minimum atomic E-state index is -0.0266. The van der Waals surface area contributed by atoms with Crippen LogP contribution in [-0.2, 0) is 10.2 Å². The number of hydrogen-bond donors (Lipinski definition) is 2. The van der Waals surface area contributed by atoms with Gasteiger partial charge < -0.3 is 15.5 Å². The fourth-order valence-corrected chi connectivity index (χ4v) is 3.03. The van der Waals surface area contributed by atoms with E-state index < -0.39 is 0 Å². The van der Waals surface area contributed by atoms with Crippen molar-refractivity contribution in [1.82, 2.24) is 15.5 Å². The molecule has 1 aliphatic rings. The summed E-state index contributed by atoms with van der Waals surface area (Å²) in [5.74, 6) is 0.823. The molecular weight excluding hydrogens is 312 g/mol. The third kappa shape index (κ3) is 5.76. The first kappa shape index (κ1) is 19.3.